The van der Waals surface area contributed by atoms with Crippen molar-refractivity contribution in [2.75, 3.05) is 0 Å². The summed E-state index contributed by atoms with van der Waals surface area (Å²) in [5.74, 6) is 1.42. The molecule has 19 heavy (non-hydrogen) atoms. The van der Waals surface area contributed by atoms with Crippen LogP contribution in [0, 0.1) is 12.8 Å². The van der Waals surface area contributed by atoms with Crippen LogP contribution in [-0.4, -0.2) is 16.5 Å². The summed E-state index contributed by atoms with van der Waals surface area (Å²) in [6.07, 6.45) is 5.72. The summed E-state index contributed by atoms with van der Waals surface area (Å²) in [6.45, 7) is 6.31. The normalized spacial score (nSPS) is 34.9. The molecule has 1 spiro atoms. The fourth-order valence-electron chi connectivity index (χ4n) is 4.29. The molecule has 0 radical (unpaired) electrons. The van der Waals surface area contributed by atoms with Crippen molar-refractivity contribution in [3.8, 4) is 0 Å². The standard InChI is InChI=1S/C15H20N2O2/c1-9-10-5-4-7-15(12(10)16-18-9)8-6-11-13(15)17-19-14(11,2)3/h11H,4-8H2,1-3H3/t11?,15-/m0/s1. The maximum Gasteiger partial charge on any atom is 0.140 e. The fraction of sp³-hybridized carbons (Fsp3) is 0.733. The monoisotopic (exact) mass is 260 g/mol. The van der Waals surface area contributed by atoms with Gasteiger partial charge in [-0.05, 0) is 52.9 Å². The van der Waals surface area contributed by atoms with E-state index in [-0.39, 0.29) is 11.0 Å². The van der Waals surface area contributed by atoms with E-state index < -0.39 is 0 Å². The summed E-state index contributed by atoms with van der Waals surface area (Å²) in [5.41, 5.74) is 3.55. The molecule has 1 saturated carbocycles. The van der Waals surface area contributed by atoms with Gasteiger partial charge >= 0.3 is 0 Å². The van der Waals surface area contributed by atoms with Gasteiger partial charge in [-0.1, -0.05) is 10.3 Å². The third kappa shape index (κ3) is 1.30. The third-order valence-corrected chi connectivity index (χ3v) is 5.37. The lowest BCUT2D eigenvalue weighted by Crippen LogP contribution is -2.39. The molecule has 2 heterocycles. The number of hydrogen-bond acceptors (Lipinski definition) is 4. The van der Waals surface area contributed by atoms with Gasteiger partial charge in [0.25, 0.3) is 0 Å². The zero-order valence-electron chi connectivity index (χ0n) is 11.8. The van der Waals surface area contributed by atoms with E-state index in [1.54, 1.807) is 0 Å². The smallest absolute Gasteiger partial charge is 0.140 e. The highest BCUT2D eigenvalue weighted by Gasteiger charge is 2.58. The van der Waals surface area contributed by atoms with E-state index in [0.29, 0.717) is 5.92 Å². The number of aromatic nitrogens is 1. The van der Waals surface area contributed by atoms with Crippen molar-refractivity contribution in [1.29, 1.82) is 0 Å². The minimum atomic E-state index is -0.158. The molecule has 4 nitrogen and oxygen atoms in total. The van der Waals surface area contributed by atoms with Gasteiger partial charge in [-0.15, -0.1) is 0 Å². The molecule has 1 fully saturated rings. The van der Waals surface area contributed by atoms with Crippen molar-refractivity contribution in [3.63, 3.8) is 0 Å². The maximum absolute atomic E-state index is 5.69. The third-order valence-electron chi connectivity index (χ3n) is 5.37. The van der Waals surface area contributed by atoms with Gasteiger partial charge in [-0.3, -0.25) is 0 Å². The summed E-state index contributed by atoms with van der Waals surface area (Å²) in [7, 11) is 0. The molecule has 1 aromatic rings. The van der Waals surface area contributed by atoms with E-state index in [2.05, 4.69) is 24.2 Å². The topological polar surface area (TPSA) is 47.6 Å². The number of rotatable bonds is 0. The highest BCUT2D eigenvalue weighted by Crippen LogP contribution is 2.54. The van der Waals surface area contributed by atoms with Crippen LogP contribution in [-0.2, 0) is 16.7 Å². The molecule has 4 heteroatoms. The summed E-state index contributed by atoms with van der Waals surface area (Å²) >= 11 is 0. The van der Waals surface area contributed by atoms with Crippen LogP contribution in [0.5, 0.6) is 0 Å². The Hall–Kier alpha value is -1.32. The Morgan fingerprint density at radius 2 is 2.11 bits per heavy atom. The second-order valence-corrected chi connectivity index (χ2v) is 6.76. The molecular formula is C15H20N2O2. The Kier molecular flexibility index (Phi) is 2.06. The molecule has 0 saturated heterocycles. The number of aryl methyl sites for hydroxylation is 1. The average molecular weight is 260 g/mol. The fourth-order valence-corrected chi connectivity index (χ4v) is 4.29. The van der Waals surface area contributed by atoms with Crippen molar-refractivity contribution in [2.24, 2.45) is 11.1 Å². The molecule has 102 valence electrons. The van der Waals surface area contributed by atoms with E-state index in [9.17, 15) is 0 Å². The SMILES string of the molecule is Cc1onc2c1CCC[C@]21CCC2C1=NOC2(C)C. The van der Waals surface area contributed by atoms with Crippen LogP contribution in [0.4, 0.5) is 0 Å². The molecule has 1 aromatic heterocycles. The van der Waals surface area contributed by atoms with Gasteiger partial charge in [0, 0.05) is 11.5 Å². The molecule has 0 N–H and O–H groups in total. The zero-order valence-corrected chi connectivity index (χ0v) is 11.8. The highest BCUT2D eigenvalue weighted by atomic mass is 16.7. The van der Waals surface area contributed by atoms with Crippen LogP contribution < -0.4 is 0 Å². The molecular weight excluding hydrogens is 240 g/mol. The van der Waals surface area contributed by atoms with Gasteiger partial charge in [0.05, 0.1) is 16.8 Å². The Morgan fingerprint density at radius 1 is 1.26 bits per heavy atom. The first-order valence-electron chi connectivity index (χ1n) is 7.27. The molecule has 1 unspecified atom stereocenters. The van der Waals surface area contributed by atoms with E-state index in [4.69, 9.17) is 9.36 Å². The van der Waals surface area contributed by atoms with E-state index in [0.717, 1.165) is 37.1 Å². The molecule has 4 rings (SSSR count). The molecule has 0 bridgehead atoms. The lowest BCUT2D eigenvalue weighted by Gasteiger charge is -2.31. The van der Waals surface area contributed by atoms with E-state index in [1.807, 2.05) is 6.92 Å². The molecule has 0 amide bonds. The number of fused-ring (bicyclic) bond motifs is 4. The van der Waals surface area contributed by atoms with Gasteiger partial charge in [0.1, 0.15) is 11.4 Å². The quantitative estimate of drug-likeness (QED) is 0.720. The first-order valence-corrected chi connectivity index (χ1v) is 7.27. The van der Waals surface area contributed by atoms with Crippen molar-refractivity contribution in [2.45, 2.75) is 63.9 Å². The molecule has 2 atom stereocenters. The molecule has 3 aliphatic rings. The summed E-state index contributed by atoms with van der Waals surface area (Å²) < 4.78 is 5.46. The second kappa shape index (κ2) is 3.41. The Labute approximate surface area is 113 Å². The number of hydrogen-bond donors (Lipinski definition) is 0. The van der Waals surface area contributed by atoms with Crippen LogP contribution in [0.2, 0.25) is 0 Å². The summed E-state index contributed by atoms with van der Waals surface area (Å²) in [5, 5.41) is 8.86. The second-order valence-electron chi connectivity index (χ2n) is 6.76. The number of nitrogens with zero attached hydrogens (tertiary/aromatic N) is 2. The van der Waals surface area contributed by atoms with Gasteiger partial charge in [-0.2, -0.15) is 0 Å². The predicted octanol–water partition coefficient (Wildman–Crippen LogP) is 3.13. The van der Waals surface area contributed by atoms with Crippen LogP contribution in [0.15, 0.2) is 9.68 Å². The Morgan fingerprint density at radius 3 is 2.95 bits per heavy atom. The van der Waals surface area contributed by atoms with Crippen LogP contribution in [0.3, 0.4) is 0 Å². The largest absolute Gasteiger partial charge is 0.389 e. The van der Waals surface area contributed by atoms with Crippen molar-refractivity contribution in [3.05, 3.63) is 17.0 Å². The maximum atomic E-state index is 5.69. The Bertz CT molecular complexity index is 573. The zero-order chi connectivity index (χ0) is 13.3. The minimum Gasteiger partial charge on any atom is -0.389 e. The molecule has 0 aromatic carbocycles. The van der Waals surface area contributed by atoms with Crippen LogP contribution in [0.25, 0.3) is 0 Å². The van der Waals surface area contributed by atoms with Gasteiger partial charge < -0.3 is 9.36 Å². The first-order chi connectivity index (χ1) is 9.05. The van der Waals surface area contributed by atoms with E-state index in [1.165, 1.54) is 17.7 Å². The van der Waals surface area contributed by atoms with E-state index >= 15 is 0 Å². The van der Waals surface area contributed by atoms with Gasteiger partial charge in [-0.25, -0.2) is 0 Å². The molecule has 1 aliphatic heterocycles. The van der Waals surface area contributed by atoms with Gasteiger partial charge in [0.2, 0.25) is 0 Å². The lowest BCUT2D eigenvalue weighted by atomic mass is 9.69. The van der Waals surface area contributed by atoms with Crippen molar-refractivity contribution in [1.82, 2.24) is 5.16 Å². The average Bonchev–Trinajstić information content (AvgIpc) is 3.00. The van der Waals surface area contributed by atoms with Crippen molar-refractivity contribution >= 4 is 5.71 Å². The lowest BCUT2D eigenvalue weighted by molar-refractivity contribution is -0.0162. The first kappa shape index (κ1) is 11.5. The predicted molar refractivity (Wildman–Crippen MR) is 71.2 cm³/mol. The van der Waals surface area contributed by atoms with Crippen LogP contribution in [0.1, 0.15) is 56.5 Å². The highest BCUT2D eigenvalue weighted by molar-refractivity contribution is 6.00. The summed E-state index contributed by atoms with van der Waals surface area (Å²) in [6, 6.07) is 0. The molecule has 2 aliphatic carbocycles. The van der Waals surface area contributed by atoms with Crippen LogP contribution >= 0.6 is 0 Å². The number of oxime groups is 1. The van der Waals surface area contributed by atoms with Crippen molar-refractivity contribution < 1.29 is 9.36 Å². The van der Waals surface area contributed by atoms with Gasteiger partial charge in [0.15, 0.2) is 0 Å². The minimum absolute atomic E-state index is 0.00375. The Balaban J connectivity index is 1.85. The summed E-state index contributed by atoms with van der Waals surface area (Å²) in [4.78, 5) is 5.69.